The summed E-state index contributed by atoms with van der Waals surface area (Å²) in [4.78, 5) is 63.5. The van der Waals surface area contributed by atoms with Crippen LogP contribution in [0.5, 0.6) is 0 Å². The highest BCUT2D eigenvalue weighted by Crippen LogP contribution is 2.42. The second kappa shape index (κ2) is 19.3. The van der Waals surface area contributed by atoms with E-state index in [-0.39, 0.29) is 43.0 Å². The summed E-state index contributed by atoms with van der Waals surface area (Å²) in [5.74, 6) is -1.18. The second-order valence-corrected chi connectivity index (χ2v) is 17.0. The minimum Gasteiger partial charge on any atom is -0.465 e. The molecule has 0 bridgehead atoms. The SMILES string of the molecule is CCn1c(-c2cccnc2[C@H](C)OC)c(CC(C)(C)COC(C)=O)c2cc(-c3csc(C[C@H](NC(=O)[C@H](C(C)C)N(C)C(=O)NC)C(=O)N4CCCCN4)n3)ccc21. The van der Waals surface area contributed by atoms with Crippen molar-refractivity contribution in [2.75, 3.05) is 40.9 Å². The lowest BCUT2D eigenvalue weighted by Gasteiger charge is -2.34. The lowest BCUT2D eigenvalue weighted by molar-refractivity contribution is -0.144. The number of rotatable bonds is 16. The van der Waals surface area contributed by atoms with Crippen LogP contribution in [-0.2, 0) is 43.2 Å². The third-order valence-electron chi connectivity index (χ3n) is 10.7. The van der Waals surface area contributed by atoms with E-state index in [0.29, 0.717) is 31.1 Å². The number of methoxy groups -OCH3 is 1. The Kier molecular flexibility index (Phi) is 14.7. The predicted octanol–water partition coefficient (Wildman–Crippen LogP) is 6.14. The molecule has 314 valence electrons. The van der Waals surface area contributed by atoms with Gasteiger partial charge in [0.1, 0.15) is 12.1 Å². The monoisotopic (exact) mass is 816 g/mol. The molecular weight excluding hydrogens is 757 g/mol. The summed E-state index contributed by atoms with van der Waals surface area (Å²) in [6.45, 7) is 15.7. The Morgan fingerprint density at radius 3 is 2.52 bits per heavy atom. The van der Waals surface area contributed by atoms with Gasteiger partial charge >= 0.3 is 12.0 Å². The summed E-state index contributed by atoms with van der Waals surface area (Å²) in [6, 6.07) is 8.30. The number of hydrazine groups is 1. The molecule has 1 fully saturated rings. The maximum Gasteiger partial charge on any atom is 0.317 e. The lowest BCUT2D eigenvalue weighted by Crippen LogP contribution is -2.60. The van der Waals surface area contributed by atoms with Crippen LogP contribution < -0.4 is 16.1 Å². The Balaban J connectivity index is 1.56. The van der Waals surface area contributed by atoms with Crippen LogP contribution in [0.25, 0.3) is 33.4 Å². The van der Waals surface area contributed by atoms with Gasteiger partial charge in [-0.3, -0.25) is 24.4 Å². The molecule has 3 atom stereocenters. The van der Waals surface area contributed by atoms with Crippen molar-refractivity contribution < 1.29 is 28.7 Å². The van der Waals surface area contributed by atoms with Crippen LogP contribution in [0.1, 0.15) is 83.7 Å². The number of hydrogen-bond donors (Lipinski definition) is 3. The zero-order chi connectivity index (χ0) is 42.3. The van der Waals surface area contributed by atoms with Crippen LogP contribution in [-0.4, -0.2) is 101 Å². The predicted molar refractivity (Wildman–Crippen MR) is 227 cm³/mol. The zero-order valence-corrected chi connectivity index (χ0v) is 36.4. The molecule has 3 aromatic heterocycles. The van der Waals surface area contributed by atoms with Gasteiger partial charge in [0.25, 0.3) is 5.91 Å². The number of benzene rings is 1. The van der Waals surface area contributed by atoms with E-state index in [9.17, 15) is 19.2 Å². The fourth-order valence-electron chi connectivity index (χ4n) is 7.74. The standard InChI is InChI=1S/C43H60N8O6S/c1-11-50-35-17-16-29(21-31(35)32(23-43(6,7)25-57-28(5)52)39(50)30-15-14-18-45-37(30)27(4)56-10)34-24-58-36(47-34)22-33(41(54)51-20-13-12-19-46-51)48-40(53)38(26(2)3)49(9)42(55)44-8/h14-18,21,24,26-27,33,38,46H,11-13,19-20,22-23,25H2,1-10H3,(H,44,55)(H,48,53)/t27-,33-,38-/m0/s1. The highest BCUT2D eigenvalue weighted by atomic mass is 32.1. The summed E-state index contributed by atoms with van der Waals surface area (Å²) in [5, 5.41) is 10.9. The smallest absolute Gasteiger partial charge is 0.317 e. The first-order valence-electron chi connectivity index (χ1n) is 20.1. The molecule has 15 heteroatoms. The number of aryl methyl sites for hydroxylation is 1. The first kappa shape index (κ1) is 44.2. The van der Waals surface area contributed by atoms with Gasteiger partial charge in [0.2, 0.25) is 5.91 Å². The van der Waals surface area contributed by atoms with Gasteiger partial charge in [-0.1, -0.05) is 33.8 Å². The number of amides is 4. The van der Waals surface area contributed by atoms with Gasteiger partial charge in [-0.2, -0.15) is 0 Å². The molecule has 0 spiro atoms. The van der Waals surface area contributed by atoms with E-state index in [1.165, 1.54) is 30.2 Å². The van der Waals surface area contributed by atoms with E-state index in [0.717, 1.165) is 57.5 Å². The van der Waals surface area contributed by atoms with Gasteiger partial charge in [-0.15, -0.1) is 11.3 Å². The molecule has 5 rings (SSSR count). The third kappa shape index (κ3) is 10.0. The minimum atomic E-state index is -0.908. The molecule has 3 N–H and O–H groups in total. The number of nitrogens with one attached hydrogen (secondary N) is 3. The topological polar surface area (TPSA) is 160 Å². The van der Waals surface area contributed by atoms with Gasteiger partial charge in [-0.05, 0) is 68.9 Å². The van der Waals surface area contributed by atoms with Crippen LogP contribution in [0.3, 0.4) is 0 Å². The molecule has 0 radical (unpaired) electrons. The molecule has 4 heterocycles. The number of carbonyl (C=O) groups excluding carboxylic acids is 4. The fraction of sp³-hybridized carbons (Fsp3) is 0.535. The summed E-state index contributed by atoms with van der Waals surface area (Å²) >= 11 is 1.44. The number of thiazole rings is 1. The van der Waals surface area contributed by atoms with E-state index >= 15 is 0 Å². The average Bonchev–Trinajstić information content (AvgIpc) is 3.80. The number of urea groups is 1. The van der Waals surface area contributed by atoms with Gasteiger partial charge in [0.05, 0.1) is 34.8 Å². The number of pyridine rings is 1. The van der Waals surface area contributed by atoms with Gasteiger partial charge in [-0.25, -0.2) is 15.2 Å². The van der Waals surface area contributed by atoms with Gasteiger partial charge in [0, 0.05) is 93.2 Å². The van der Waals surface area contributed by atoms with Crippen molar-refractivity contribution in [1.82, 2.24) is 40.5 Å². The molecule has 1 aliphatic heterocycles. The number of fused-ring (bicyclic) bond motifs is 1. The summed E-state index contributed by atoms with van der Waals surface area (Å²) in [6.07, 6.45) is 4.14. The number of nitrogens with zero attached hydrogens (tertiary/aromatic N) is 5. The van der Waals surface area contributed by atoms with Crippen molar-refractivity contribution in [2.24, 2.45) is 11.3 Å². The third-order valence-corrected chi connectivity index (χ3v) is 11.6. The Morgan fingerprint density at radius 2 is 1.88 bits per heavy atom. The summed E-state index contributed by atoms with van der Waals surface area (Å²) < 4.78 is 13.6. The molecule has 0 saturated carbocycles. The van der Waals surface area contributed by atoms with Crippen molar-refractivity contribution in [3.8, 4) is 22.5 Å². The number of carbonyl (C=O) groups is 4. The van der Waals surface area contributed by atoms with Crippen molar-refractivity contribution in [2.45, 2.75) is 98.9 Å². The fourth-order valence-corrected chi connectivity index (χ4v) is 8.59. The van der Waals surface area contributed by atoms with E-state index in [2.05, 4.69) is 65.7 Å². The minimum absolute atomic E-state index is 0.178. The Morgan fingerprint density at radius 1 is 1.12 bits per heavy atom. The molecule has 4 aromatic rings. The van der Waals surface area contributed by atoms with E-state index in [1.807, 2.05) is 32.2 Å². The van der Waals surface area contributed by atoms with Crippen molar-refractivity contribution >= 4 is 46.1 Å². The van der Waals surface area contributed by atoms with Crippen LogP contribution in [0.4, 0.5) is 4.79 Å². The summed E-state index contributed by atoms with van der Waals surface area (Å²) in [5.41, 5.74) is 9.46. The van der Waals surface area contributed by atoms with Crippen LogP contribution in [0, 0.1) is 11.3 Å². The van der Waals surface area contributed by atoms with Gasteiger partial charge in [0.15, 0.2) is 0 Å². The largest absolute Gasteiger partial charge is 0.465 e. The molecule has 1 saturated heterocycles. The van der Waals surface area contributed by atoms with Crippen LogP contribution in [0.2, 0.25) is 0 Å². The Bertz CT molecular complexity index is 2090. The van der Waals surface area contributed by atoms with Crippen LogP contribution >= 0.6 is 11.3 Å². The molecule has 0 aliphatic carbocycles. The lowest BCUT2D eigenvalue weighted by atomic mass is 9.84. The number of aromatic nitrogens is 3. The number of ether oxygens (including phenoxy) is 2. The van der Waals surface area contributed by atoms with Crippen molar-refractivity contribution in [1.29, 1.82) is 0 Å². The average molecular weight is 817 g/mol. The normalized spacial score (nSPS) is 14.9. The van der Waals surface area contributed by atoms with Gasteiger partial charge < -0.3 is 29.6 Å². The molecule has 4 amide bonds. The van der Waals surface area contributed by atoms with E-state index in [4.69, 9.17) is 19.4 Å². The molecule has 1 aromatic carbocycles. The number of esters is 1. The highest BCUT2D eigenvalue weighted by Gasteiger charge is 2.35. The molecule has 14 nitrogen and oxygen atoms in total. The maximum absolute atomic E-state index is 14.0. The number of likely N-dealkylation sites (N-methyl/N-ethyl adjacent to an activating group) is 1. The Labute approximate surface area is 346 Å². The van der Waals surface area contributed by atoms with E-state index in [1.54, 1.807) is 25.4 Å². The molecule has 58 heavy (non-hydrogen) atoms. The Hall–Kier alpha value is -4.86. The highest BCUT2D eigenvalue weighted by molar-refractivity contribution is 7.10. The van der Waals surface area contributed by atoms with Crippen molar-refractivity contribution in [3.05, 3.63) is 58.2 Å². The van der Waals surface area contributed by atoms with Crippen molar-refractivity contribution in [3.63, 3.8) is 0 Å². The molecule has 1 aliphatic rings. The first-order chi connectivity index (χ1) is 27.6. The van der Waals surface area contributed by atoms with Crippen LogP contribution in [0.15, 0.2) is 41.9 Å². The summed E-state index contributed by atoms with van der Waals surface area (Å²) in [7, 11) is 4.78. The quantitative estimate of drug-likeness (QED) is 0.113. The molecule has 0 unspecified atom stereocenters. The first-order valence-corrected chi connectivity index (χ1v) is 21.0. The zero-order valence-electron chi connectivity index (χ0n) is 35.6. The maximum atomic E-state index is 14.0. The molecular formula is C43H60N8O6S. The second-order valence-electron chi connectivity index (χ2n) is 16.1. The number of hydrogen-bond acceptors (Lipinski definition) is 10. The van der Waals surface area contributed by atoms with E-state index < -0.39 is 23.4 Å².